The first-order chi connectivity index (χ1) is 9.77. The molecule has 1 aliphatic heterocycles. The number of benzene rings is 1. The first-order valence-corrected chi connectivity index (χ1v) is 6.57. The van der Waals surface area contributed by atoms with Crippen molar-refractivity contribution < 1.29 is 22.8 Å². The molecule has 1 aromatic carbocycles. The van der Waals surface area contributed by atoms with Crippen molar-refractivity contribution in [2.24, 2.45) is 0 Å². The summed E-state index contributed by atoms with van der Waals surface area (Å²) in [5.74, 6) is -0.617. The van der Waals surface area contributed by atoms with Crippen molar-refractivity contribution in [3.63, 3.8) is 0 Å². The molecule has 1 aliphatic rings. The van der Waals surface area contributed by atoms with Gasteiger partial charge in [-0.1, -0.05) is 12.1 Å². The molecule has 1 atom stereocenters. The van der Waals surface area contributed by atoms with Crippen LogP contribution in [-0.2, 0) is 11.0 Å². The fourth-order valence-corrected chi connectivity index (χ4v) is 2.47. The van der Waals surface area contributed by atoms with Crippen LogP contribution in [0.25, 0.3) is 0 Å². The number of amides is 3. The molecule has 1 saturated heterocycles. The second-order valence-corrected chi connectivity index (χ2v) is 4.87. The molecule has 1 unspecified atom stereocenters. The Morgan fingerprint density at radius 3 is 2.43 bits per heavy atom. The lowest BCUT2D eigenvalue weighted by atomic mass is 10.1. The standard InChI is InChI=1S/C14H15F3N2O2/c1-3-18-9(2)8-12(20)19(13(18)21)11-7-5-4-6-10(11)14(15,16)17/h4-7,9H,3,8H2,1-2H3. The smallest absolute Gasteiger partial charge is 0.321 e. The van der Waals surface area contributed by atoms with Crippen LogP contribution >= 0.6 is 0 Å². The number of hydrogen-bond donors (Lipinski definition) is 0. The van der Waals surface area contributed by atoms with Crippen LogP contribution in [0.3, 0.4) is 0 Å². The van der Waals surface area contributed by atoms with Gasteiger partial charge in [-0.05, 0) is 26.0 Å². The molecule has 0 aliphatic carbocycles. The zero-order chi connectivity index (χ0) is 15.8. The summed E-state index contributed by atoms with van der Waals surface area (Å²) in [5, 5.41) is 0. The van der Waals surface area contributed by atoms with Gasteiger partial charge in [-0.2, -0.15) is 13.2 Å². The number of alkyl halides is 3. The molecule has 0 spiro atoms. The first kappa shape index (κ1) is 15.3. The van der Waals surface area contributed by atoms with Gasteiger partial charge in [-0.25, -0.2) is 9.69 Å². The Morgan fingerprint density at radius 1 is 1.24 bits per heavy atom. The van der Waals surface area contributed by atoms with Crippen molar-refractivity contribution in [1.82, 2.24) is 4.90 Å². The van der Waals surface area contributed by atoms with E-state index in [9.17, 15) is 22.8 Å². The molecule has 7 heteroatoms. The SMILES string of the molecule is CCN1C(=O)N(c2ccccc2C(F)(F)F)C(=O)CC1C. The Bertz CT molecular complexity index is 572. The minimum absolute atomic E-state index is 0.00573. The van der Waals surface area contributed by atoms with Crippen molar-refractivity contribution in [1.29, 1.82) is 0 Å². The molecule has 4 nitrogen and oxygen atoms in total. The Morgan fingerprint density at radius 2 is 1.86 bits per heavy atom. The van der Waals surface area contributed by atoms with E-state index in [2.05, 4.69) is 0 Å². The summed E-state index contributed by atoms with van der Waals surface area (Å²) in [6, 6.07) is 3.58. The maximum atomic E-state index is 13.1. The molecule has 0 bridgehead atoms. The van der Waals surface area contributed by atoms with E-state index in [-0.39, 0.29) is 12.5 Å². The van der Waals surface area contributed by atoms with E-state index in [4.69, 9.17) is 0 Å². The highest BCUT2D eigenvalue weighted by Crippen LogP contribution is 2.38. The van der Waals surface area contributed by atoms with E-state index >= 15 is 0 Å². The lowest BCUT2D eigenvalue weighted by molar-refractivity contribution is -0.137. The zero-order valence-electron chi connectivity index (χ0n) is 11.6. The highest BCUT2D eigenvalue weighted by atomic mass is 19.4. The Labute approximate surface area is 120 Å². The van der Waals surface area contributed by atoms with Crippen LogP contribution in [0, 0.1) is 0 Å². The van der Waals surface area contributed by atoms with E-state index in [0.717, 1.165) is 12.1 Å². The van der Waals surface area contributed by atoms with Crippen molar-refractivity contribution >= 4 is 17.6 Å². The van der Waals surface area contributed by atoms with Crippen LogP contribution < -0.4 is 4.90 Å². The number of para-hydroxylation sites is 1. The van der Waals surface area contributed by atoms with Gasteiger partial charge in [0, 0.05) is 19.0 Å². The number of anilines is 1. The third-order valence-corrected chi connectivity index (χ3v) is 3.48. The summed E-state index contributed by atoms with van der Waals surface area (Å²) in [6.07, 6.45) is -4.62. The van der Waals surface area contributed by atoms with Crippen molar-refractivity contribution in [3.8, 4) is 0 Å². The summed E-state index contributed by atoms with van der Waals surface area (Å²) in [7, 11) is 0. The lowest BCUT2D eigenvalue weighted by Gasteiger charge is -2.38. The van der Waals surface area contributed by atoms with E-state index < -0.39 is 29.4 Å². The van der Waals surface area contributed by atoms with Crippen LogP contribution in [0.2, 0.25) is 0 Å². The first-order valence-electron chi connectivity index (χ1n) is 6.57. The second kappa shape index (κ2) is 5.38. The van der Waals surface area contributed by atoms with E-state index in [1.165, 1.54) is 17.0 Å². The van der Waals surface area contributed by atoms with Gasteiger partial charge in [-0.15, -0.1) is 0 Å². The minimum atomic E-state index is -4.63. The van der Waals surface area contributed by atoms with Gasteiger partial charge in [0.25, 0.3) is 0 Å². The van der Waals surface area contributed by atoms with E-state index in [0.29, 0.717) is 11.4 Å². The Hall–Kier alpha value is -2.05. The number of halogens is 3. The molecule has 0 N–H and O–H groups in total. The molecule has 2 rings (SSSR count). The van der Waals surface area contributed by atoms with E-state index in [1.54, 1.807) is 13.8 Å². The van der Waals surface area contributed by atoms with Crippen LogP contribution in [-0.4, -0.2) is 29.4 Å². The number of hydrogen-bond acceptors (Lipinski definition) is 2. The minimum Gasteiger partial charge on any atom is -0.321 e. The summed E-state index contributed by atoms with van der Waals surface area (Å²) < 4.78 is 39.2. The Balaban J connectivity index is 2.51. The zero-order valence-corrected chi connectivity index (χ0v) is 11.6. The van der Waals surface area contributed by atoms with Gasteiger partial charge in [0.15, 0.2) is 0 Å². The predicted molar refractivity (Wildman–Crippen MR) is 70.8 cm³/mol. The molecule has 1 fully saturated rings. The molecule has 3 amide bonds. The van der Waals surface area contributed by atoms with Crippen LogP contribution in [0.15, 0.2) is 24.3 Å². The molecule has 114 valence electrons. The average Bonchev–Trinajstić information content (AvgIpc) is 2.38. The number of carbonyl (C=O) groups excluding carboxylic acids is 2. The monoisotopic (exact) mass is 300 g/mol. The number of imide groups is 1. The maximum absolute atomic E-state index is 13.1. The Kier molecular flexibility index (Phi) is 3.93. The molecule has 0 saturated carbocycles. The third kappa shape index (κ3) is 2.72. The molecule has 0 aromatic heterocycles. The van der Waals surface area contributed by atoms with Crippen molar-refractivity contribution in [2.45, 2.75) is 32.5 Å². The van der Waals surface area contributed by atoms with Gasteiger partial charge in [-0.3, -0.25) is 4.79 Å². The van der Waals surface area contributed by atoms with Gasteiger partial charge >= 0.3 is 12.2 Å². The topological polar surface area (TPSA) is 40.6 Å². The number of urea groups is 1. The fourth-order valence-electron chi connectivity index (χ4n) is 2.47. The lowest BCUT2D eigenvalue weighted by Crippen LogP contribution is -2.56. The van der Waals surface area contributed by atoms with E-state index in [1.807, 2.05) is 0 Å². The normalized spacial score (nSPS) is 20.1. The van der Waals surface area contributed by atoms with Gasteiger partial charge < -0.3 is 4.90 Å². The summed E-state index contributed by atoms with van der Waals surface area (Å²) in [4.78, 5) is 26.4. The molecular formula is C14H15F3N2O2. The predicted octanol–water partition coefficient (Wildman–Crippen LogP) is 3.27. The molecule has 1 aromatic rings. The average molecular weight is 300 g/mol. The summed E-state index contributed by atoms with van der Waals surface area (Å²) in [5.41, 5.74) is -1.40. The fraction of sp³-hybridized carbons (Fsp3) is 0.429. The van der Waals surface area contributed by atoms with Crippen LogP contribution in [0.5, 0.6) is 0 Å². The van der Waals surface area contributed by atoms with Gasteiger partial charge in [0.2, 0.25) is 5.91 Å². The van der Waals surface area contributed by atoms with Gasteiger partial charge in [0.1, 0.15) is 0 Å². The largest absolute Gasteiger partial charge is 0.418 e. The van der Waals surface area contributed by atoms with Crippen molar-refractivity contribution in [2.75, 3.05) is 11.4 Å². The molecule has 1 heterocycles. The third-order valence-electron chi connectivity index (χ3n) is 3.48. The van der Waals surface area contributed by atoms with Crippen molar-refractivity contribution in [3.05, 3.63) is 29.8 Å². The summed E-state index contributed by atoms with van der Waals surface area (Å²) >= 11 is 0. The van der Waals surface area contributed by atoms with Crippen LogP contribution in [0.4, 0.5) is 23.7 Å². The quantitative estimate of drug-likeness (QED) is 0.841. The highest BCUT2D eigenvalue weighted by Gasteiger charge is 2.42. The number of carbonyl (C=O) groups is 2. The molecule has 21 heavy (non-hydrogen) atoms. The maximum Gasteiger partial charge on any atom is 0.418 e. The highest BCUT2D eigenvalue weighted by molar-refractivity contribution is 6.16. The van der Waals surface area contributed by atoms with Gasteiger partial charge in [0.05, 0.1) is 11.3 Å². The molecular weight excluding hydrogens is 285 g/mol. The molecule has 0 radical (unpaired) electrons. The number of rotatable bonds is 2. The second-order valence-electron chi connectivity index (χ2n) is 4.87. The van der Waals surface area contributed by atoms with Crippen LogP contribution in [0.1, 0.15) is 25.8 Å². The number of nitrogens with zero attached hydrogens (tertiary/aromatic N) is 2. The summed E-state index contributed by atoms with van der Waals surface area (Å²) in [6.45, 7) is 3.75.